The van der Waals surface area contributed by atoms with Crippen molar-refractivity contribution in [1.29, 1.82) is 0 Å². The van der Waals surface area contributed by atoms with Gasteiger partial charge in [0, 0.05) is 18.4 Å². The summed E-state index contributed by atoms with van der Waals surface area (Å²) in [5.41, 5.74) is 0.969. The lowest BCUT2D eigenvalue weighted by atomic mass is 9.93. The highest BCUT2D eigenvalue weighted by atomic mass is 19.3. The van der Waals surface area contributed by atoms with Gasteiger partial charge in [0.2, 0.25) is 0 Å². The maximum absolute atomic E-state index is 12.4. The van der Waals surface area contributed by atoms with E-state index in [1.165, 1.54) is 13.2 Å². The van der Waals surface area contributed by atoms with Crippen molar-refractivity contribution in [3.8, 4) is 11.5 Å². The minimum atomic E-state index is -2.91. The van der Waals surface area contributed by atoms with Gasteiger partial charge in [-0.05, 0) is 18.2 Å². The van der Waals surface area contributed by atoms with Crippen LogP contribution in [0.4, 0.5) is 8.78 Å². The van der Waals surface area contributed by atoms with E-state index in [1.807, 2.05) is 0 Å². The largest absolute Gasteiger partial charge is 0.493 e. The summed E-state index contributed by atoms with van der Waals surface area (Å²) in [6.45, 7) is -1.77. The average Bonchev–Trinajstić information content (AvgIpc) is 3.09. The zero-order valence-corrected chi connectivity index (χ0v) is 11.5. The number of methoxy groups -OCH3 is 1. The second kappa shape index (κ2) is 5.48. The summed E-state index contributed by atoms with van der Waals surface area (Å²) in [7, 11) is 1.40. The standard InChI is InChI=1S/C14H15F2NO4/c1-18-11-3-2-9(6-12(11)20-13(15)16)10-7-14(21-17-10)4-5-19-8-14/h2-3,6,13H,4-5,7-8H2,1H3. The van der Waals surface area contributed by atoms with Crippen molar-refractivity contribution in [3.63, 3.8) is 0 Å². The Labute approximate surface area is 120 Å². The first kappa shape index (κ1) is 14.1. The maximum atomic E-state index is 12.4. The number of rotatable bonds is 4. The molecule has 0 saturated carbocycles. The van der Waals surface area contributed by atoms with Gasteiger partial charge in [-0.3, -0.25) is 0 Å². The van der Waals surface area contributed by atoms with E-state index in [0.717, 1.165) is 6.42 Å². The van der Waals surface area contributed by atoms with E-state index < -0.39 is 12.2 Å². The zero-order valence-electron chi connectivity index (χ0n) is 11.5. The number of nitrogens with zero attached hydrogens (tertiary/aromatic N) is 1. The van der Waals surface area contributed by atoms with E-state index in [2.05, 4.69) is 9.89 Å². The van der Waals surface area contributed by atoms with Gasteiger partial charge in [-0.2, -0.15) is 8.78 Å². The van der Waals surface area contributed by atoms with Gasteiger partial charge >= 0.3 is 6.61 Å². The van der Waals surface area contributed by atoms with Crippen LogP contribution in [0.1, 0.15) is 18.4 Å². The molecule has 0 aromatic heterocycles. The molecular weight excluding hydrogens is 284 g/mol. The second-order valence-electron chi connectivity index (χ2n) is 5.04. The van der Waals surface area contributed by atoms with Gasteiger partial charge in [0.1, 0.15) is 0 Å². The highest BCUT2D eigenvalue weighted by molar-refractivity contribution is 6.02. The van der Waals surface area contributed by atoms with Gasteiger partial charge in [0.25, 0.3) is 0 Å². The van der Waals surface area contributed by atoms with Crippen molar-refractivity contribution in [2.45, 2.75) is 25.1 Å². The summed E-state index contributed by atoms with van der Waals surface area (Å²) >= 11 is 0. The molecule has 0 N–H and O–H groups in total. The molecule has 114 valence electrons. The van der Waals surface area contributed by atoms with Crippen LogP contribution in [0.3, 0.4) is 0 Å². The smallest absolute Gasteiger partial charge is 0.387 e. The minimum absolute atomic E-state index is 0.0173. The SMILES string of the molecule is COc1ccc(C2=NOC3(CCOC3)C2)cc1OC(F)F. The highest BCUT2D eigenvalue weighted by Crippen LogP contribution is 2.36. The summed E-state index contributed by atoms with van der Waals surface area (Å²) in [6, 6.07) is 4.81. The lowest BCUT2D eigenvalue weighted by Crippen LogP contribution is -2.29. The quantitative estimate of drug-likeness (QED) is 0.857. The third kappa shape index (κ3) is 2.78. The van der Waals surface area contributed by atoms with Crippen molar-refractivity contribution in [3.05, 3.63) is 23.8 Å². The molecule has 5 nitrogen and oxygen atoms in total. The van der Waals surface area contributed by atoms with Gasteiger partial charge in [0.05, 0.1) is 26.0 Å². The first-order valence-electron chi connectivity index (χ1n) is 6.58. The summed E-state index contributed by atoms with van der Waals surface area (Å²) in [5, 5.41) is 4.07. The third-order valence-corrected chi connectivity index (χ3v) is 3.62. The van der Waals surface area contributed by atoms with Gasteiger partial charge in [-0.15, -0.1) is 0 Å². The molecule has 0 radical (unpaired) electrons. The van der Waals surface area contributed by atoms with Crippen molar-refractivity contribution < 1.29 is 27.8 Å². The molecule has 2 aliphatic rings. The van der Waals surface area contributed by atoms with E-state index in [9.17, 15) is 8.78 Å². The van der Waals surface area contributed by atoms with E-state index in [4.69, 9.17) is 14.3 Å². The number of hydrogen-bond donors (Lipinski definition) is 0. The summed E-state index contributed by atoms with van der Waals surface area (Å²) in [6.07, 6.45) is 1.37. The van der Waals surface area contributed by atoms with Crippen molar-refractivity contribution in [1.82, 2.24) is 0 Å². The maximum Gasteiger partial charge on any atom is 0.387 e. The predicted molar refractivity (Wildman–Crippen MR) is 70.0 cm³/mol. The molecule has 7 heteroatoms. The fourth-order valence-corrected chi connectivity index (χ4v) is 2.52. The average molecular weight is 299 g/mol. The fraction of sp³-hybridized carbons (Fsp3) is 0.500. The molecule has 3 rings (SSSR count). The van der Waals surface area contributed by atoms with Crippen LogP contribution in [0, 0.1) is 0 Å². The van der Waals surface area contributed by atoms with E-state index in [1.54, 1.807) is 12.1 Å². The van der Waals surface area contributed by atoms with Gasteiger partial charge in [-0.1, -0.05) is 5.16 Å². The van der Waals surface area contributed by atoms with Crippen LogP contribution in [-0.2, 0) is 9.57 Å². The Hall–Kier alpha value is -1.89. The lowest BCUT2D eigenvalue weighted by molar-refractivity contribution is -0.0512. The molecule has 1 fully saturated rings. The van der Waals surface area contributed by atoms with Crippen LogP contribution >= 0.6 is 0 Å². The third-order valence-electron chi connectivity index (χ3n) is 3.62. The van der Waals surface area contributed by atoms with Gasteiger partial charge in [0.15, 0.2) is 17.1 Å². The molecule has 1 spiro atoms. The van der Waals surface area contributed by atoms with Crippen molar-refractivity contribution in [2.75, 3.05) is 20.3 Å². The Balaban J connectivity index is 1.82. The van der Waals surface area contributed by atoms with Crippen LogP contribution in [0.5, 0.6) is 11.5 Å². The Bertz CT molecular complexity index is 556. The Kier molecular flexibility index (Phi) is 3.67. The zero-order chi connectivity index (χ0) is 14.9. The Morgan fingerprint density at radius 1 is 1.33 bits per heavy atom. The molecular formula is C14H15F2NO4. The van der Waals surface area contributed by atoms with Crippen LogP contribution in [0.2, 0.25) is 0 Å². The molecule has 21 heavy (non-hydrogen) atoms. The van der Waals surface area contributed by atoms with Gasteiger partial charge < -0.3 is 19.0 Å². The molecule has 1 atom stereocenters. The van der Waals surface area contributed by atoms with Crippen molar-refractivity contribution in [2.24, 2.45) is 5.16 Å². The molecule has 0 amide bonds. The number of oxime groups is 1. The molecule has 0 bridgehead atoms. The lowest BCUT2D eigenvalue weighted by Gasteiger charge is -2.17. The summed E-state index contributed by atoms with van der Waals surface area (Å²) in [4.78, 5) is 5.49. The second-order valence-corrected chi connectivity index (χ2v) is 5.04. The molecule has 0 aliphatic carbocycles. The number of alkyl halides is 2. The highest BCUT2D eigenvalue weighted by Gasteiger charge is 2.43. The van der Waals surface area contributed by atoms with Crippen LogP contribution in [0.25, 0.3) is 0 Å². The van der Waals surface area contributed by atoms with E-state index in [-0.39, 0.29) is 11.5 Å². The Morgan fingerprint density at radius 2 is 2.19 bits per heavy atom. The molecule has 2 aliphatic heterocycles. The van der Waals surface area contributed by atoms with Crippen LogP contribution < -0.4 is 9.47 Å². The molecule has 1 saturated heterocycles. The minimum Gasteiger partial charge on any atom is -0.493 e. The van der Waals surface area contributed by atoms with Crippen LogP contribution in [-0.4, -0.2) is 38.2 Å². The number of benzene rings is 1. The first-order valence-corrected chi connectivity index (χ1v) is 6.58. The predicted octanol–water partition coefficient (Wildman–Crippen LogP) is 2.58. The summed E-state index contributed by atoms with van der Waals surface area (Å²) in [5.74, 6) is 0.230. The Morgan fingerprint density at radius 3 is 2.86 bits per heavy atom. The number of hydrogen-bond acceptors (Lipinski definition) is 5. The first-order chi connectivity index (χ1) is 10.1. The number of halogens is 2. The molecule has 2 heterocycles. The van der Waals surface area contributed by atoms with E-state index in [0.29, 0.717) is 30.9 Å². The van der Waals surface area contributed by atoms with Crippen molar-refractivity contribution >= 4 is 5.71 Å². The topological polar surface area (TPSA) is 49.3 Å². The van der Waals surface area contributed by atoms with E-state index >= 15 is 0 Å². The molecule has 1 aromatic carbocycles. The summed E-state index contributed by atoms with van der Waals surface area (Å²) < 4.78 is 39.7. The van der Waals surface area contributed by atoms with Gasteiger partial charge in [-0.25, -0.2) is 0 Å². The van der Waals surface area contributed by atoms with Crippen LogP contribution in [0.15, 0.2) is 23.4 Å². The molecule has 1 unspecified atom stereocenters. The monoisotopic (exact) mass is 299 g/mol. The fourth-order valence-electron chi connectivity index (χ4n) is 2.52. The normalized spacial score (nSPS) is 24.3. The molecule has 1 aromatic rings. The number of ether oxygens (including phenoxy) is 3.